The summed E-state index contributed by atoms with van der Waals surface area (Å²) in [4.78, 5) is 8.42. The van der Waals surface area contributed by atoms with E-state index in [1.807, 2.05) is 24.3 Å². The molecular formula is C12H11ClN2. The standard InChI is InChI=1S/C12H11ClN2/c1-2-9-5-6-11(13)15-12(9)10-4-3-7-14-8-10/h3-8H,2H2,1H3. The molecule has 3 heteroatoms. The van der Waals surface area contributed by atoms with Crippen molar-refractivity contribution in [2.24, 2.45) is 0 Å². The average Bonchev–Trinajstić information content (AvgIpc) is 2.30. The first-order valence-electron chi connectivity index (χ1n) is 4.87. The van der Waals surface area contributed by atoms with Crippen molar-refractivity contribution < 1.29 is 0 Å². The number of nitrogens with zero attached hydrogens (tertiary/aromatic N) is 2. The van der Waals surface area contributed by atoms with Crippen LogP contribution in [-0.2, 0) is 6.42 Å². The molecule has 15 heavy (non-hydrogen) atoms. The zero-order valence-electron chi connectivity index (χ0n) is 8.44. The minimum absolute atomic E-state index is 0.519. The lowest BCUT2D eigenvalue weighted by atomic mass is 10.1. The van der Waals surface area contributed by atoms with Gasteiger partial charge < -0.3 is 0 Å². The van der Waals surface area contributed by atoms with Gasteiger partial charge in [-0.1, -0.05) is 24.6 Å². The van der Waals surface area contributed by atoms with Gasteiger partial charge in [0, 0.05) is 18.0 Å². The fourth-order valence-corrected chi connectivity index (χ4v) is 1.65. The number of rotatable bonds is 2. The Bertz CT molecular complexity index is 454. The summed E-state index contributed by atoms with van der Waals surface area (Å²) in [6.45, 7) is 2.10. The van der Waals surface area contributed by atoms with Crippen LogP contribution in [0.3, 0.4) is 0 Å². The summed E-state index contributed by atoms with van der Waals surface area (Å²) in [6.07, 6.45) is 4.49. The maximum atomic E-state index is 5.89. The van der Waals surface area contributed by atoms with Gasteiger partial charge in [-0.15, -0.1) is 0 Å². The molecule has 2 nitrogen and oxygen atoms in total. The quantitative estimate of drug-likeness (QED) is 0.723. The molecule has 0 saturated heterocycles. The highest BCUT2D eigenvalue weighted by atomic mass is 35.5. The number of aryl methyl sites for hydroxylation is 1. The summed E-state index contributed by atoms with van der Waals surface area (Å²) < 4.78 is 0. The maximum Gasteiger partial charge on any atom is 0.129 e. The largest absolute Gasteiger partial charge is 0.264 e. The Morgan fingerprint density at radius 2 is 2.13 bits per heavy atom. The Labute approximate surface area is 94.0 Å². The Kier molecular flexibility index (Phi) is 2.97. The van der Waals surface area contributed by atoms with Gasteiger partial charge in [-0.3, -0.25) is 4.98 Å². The van der Waals surface area contributed by atoms with Gasteiger partial charge in [0.25, 0.3) is 0 Å². The van der Waals surface area contributed by atoms with Crippen molar-refractivity contribution in [2.45, 2.75) is 13.3 Å². The minimum Gasteiger partial charge on any atom is -0.264 e. The van der Waals surface area contributed by atoms with E-state index in [1.165, 1.54) is 5.56 Å². The molecule has 0 fully saturated rings. The van der Waals surface area contributed by atoms with Gasteiger partial charge in [-0.25, -0.2) is 4.98 Å². The fourth-order valence-electron chi connectivity index (χ4n) is 1.50. The molecule has 76 valence electrons. The number of aromatic nitrogens is 2. The number of hydrogen-bond acceptors (Lipinski definition) is 2. The molecule has 2 heterocycles. The molecule has 0 atom stereocenters. The number of halogens is 1. The summed E-state index contributed by atoms with van der Waals surface area (Å²) in [7, 11) is 0. The van der Waals surface area contributed by atoms with Crippen LogP contribution in [0.5, 0.6) is 0 Å². The van der Waals surface area contributed by atoms with Crippen LogP contribution in [0.15, 0.2) is 36.7 Å². The Balaban J connectivity index is 2.56. The highest BCUT2D eigenvalue weighted by Crippen LogP contribution is 2.22. The highest BCUT2D eigenvalue weighted by Gasteiger charge is 2.05. The van der Waals surface area contributed by atoms with Gasteiger partial charge in [0.1, 0.15) is 5.15 Å². The SMILES string of the molecule is CCc1ccc(Cl)nc1-c1cccnc1. The summed E-state index contributed by atoms with van der Waals surface area (Å²) in [5.74, 6) is 0. The minimum atomic E-state index is 0.519. The molecule has 0 spiro atoms. The van der Waals surface area contributed by atoms with E-state index in [-0.39, 0.29) is 0 Å². The Hall–Kier alpha value is -1.41. The highest BCUT2D eigenvalue weighted by molar-refractivity contribution is 6.29. The smallest absolute Gasteiger partial charge is 0.129 e. The lowest BCUT2D eigenvalue weighted by Gasteiger charge is -2.06. The molecule has 0 radical (unpaired) electrons. The van der Waals surface area contributed by atoms with E-state index in [9.17, 15) is 0 Å². The third kappa shape index (κ3) is 2.16. The van der Waals surface area contributed by atoms with Crippen LogP contribution in [0.25, 0.3) is 11.3 Å². The second-order valence-electron chi connectivity index (χ2n) is 3.24. The first kappa shape index (κ1) is 10.1. The van der Waals surface area contributed by atoms with Crippen molar-refractivity contribution in [2.75, 3.05) is 0 Å². The third-order valence-corrected chi connectivity index (χ3v) is 2.47. The fraction of sp³-hybridized carbons (Fsp3) is 0.167. The monoisotopic (exact) mass is 218 g/mol. The first-order valence-corrected chi connectivity index (χ1v) is 5.25. The predicted octanol–water partition coefficient (Wildman–Crippen LogP) is 3.36. The van der Waals surface area contributed by atoms with Crippen molar-refractivity contribution in [3.8, 4) is 11.3 Å². The van der Waals surface area contributed by atoms with E-state index >= 15 is 0 Å². The van der Waals surface area contributed by atoms with Crippen LogP contribution in [0.2, 0.25) is 5.15 Å². The molecule has 0 aliphatic carbocycles. The van der Waals surface area contributed by atoms with Crippen molar-refractivity contribution in [1.82, 2.24) is 9.97 Å². The van der Waals surface area contributed by atoms with Crippen molar-refractivity contribution in [3.05, 3.63) is 47.4 Å². The second kappa shape index (κ2) is 4.41. The summed E-state index contributed by atoms with van der Waals surface area (Å²) in [5.41, 5.74) is 3.13. The molecule has 0 unspecified atom stereocenters. The van der Waals surface area contributed by atoms with E-state index in [1.54, 1.807) is 12.4 Å². The Morgan fingerprint density at radius 3 is 2.80 bits per heavy atom. The van der Waals surface area contributed by atoms with E-state index in [2.05, 4.69) is 16.9 Å². The van der Waals surface area contributed by atoms with E-state index in [0.717, 1.165) is 17.7 Å². The molecule has 0 saturated carbocycles. The first-order chi connectivity index (χ1) is 7.31. The van der Waals surface area contributed by atoms with Gasteiger partial charge in [-0.05, 0) is 30.2 Å². The van der Waals surface area contributed by atoms with E-state index < -0.39 is 0 Å². The summed E-state index contributed by atoms with van der Waals surface area (Å²) in [5, 5.41) is 0.519. The lowest BCUT2D eigenvalue weighted by molar-refractivity contribution is 1.11. The van der Waals surface area contributed by atoms with E-state index in [0.29, 0.717) is 5.15 Å². The van der Waals surface area contributed by atoms with Crippen LogP contribution < -0.4 is 0 Å². The summed E-state index contributed by atoms with van der Waals surface area (Å²) >= 11 is 5.89. The van der Waals surface area contributed by atoms with Crippen molar-refractivity contribution >= 4 is 11.6 Å². The van der Waals surface area contributed by atoms with Crippen LogP contribution in [0, 0.1) is 0 Å². The Morgan fingerprint density at radius 1 is 1.27 bits per heavy atom. The molecule has 0 bridgehead atoms. The topological polar surface area (TPSA) is 25.8 Å². The van der Waals surface area contributed by atoms with Crippen molar-refractivity contribution in [1.29, 1.82) is 0 Å². The lowest BCUT2D eigenvalue weighted by Crippen LogP contribution is -1.92. The molecule has 0 aromatic carbocycles. The van der Waals surface area contributed by atoms with Crippen molar-refractivity contribution in [3.63, 3.8) is 0 Å². The number of hydrogen-bond donors (Lipinski definition) is 0. The van der Waals surface area contributed by atoms with Gasteiger partial charge in [0.2, 0.25) is 0 Å². The third-order valence-electron chi connectivity index (χ3n) is 2.26. The molecule has 0 aliphatic rings. The van der Waals surface area contributed by atoms with Crippen LogP contribution in [0.1, 0.15) is 12.5 Å². The summed E-state index contributed by atoms with van der Waals surface area (Å²) in [6, 6.07) is 7.72. The molecular weight excluding hydrogens is 208 g/mol. The molecule has 0 amide bonds. The second-order valence-corrected chi connectivity index (χ2v) is 3.62. The number of pyridine rings is 2. The predicted molar refractivity (Wildman–Crippen MR) is 61.9 cm³/mol. The van der Waals surface area contributed by atoms with Gasteiger partial charge in [-0.2, -0.15) is 0 Å². The van der Waals surface area contributed by atoms with E-state index in [4.69, 9.17) is 11.6 Å². The maximum absolute atomic E-state index is 5.89. The van der Waals surface area contributed by atoms with Crippen LogP contribution in [0.4, 0.5) is 0 Å². The van der Waals surface area contributed by atoms with Gasteiger partial charge in [0.15, 0.2) is 0 Å². The molecule has 0 N–H and O–H groups in total. The molecule has 0 aliphatic heterocycles. The zero-order valence-corrected chi connectivity index (χ0v) is 9.20. The molecule has 2 aromatic rings. The van der Waals surface area contributed by atoms with Crippen LogP contribution >= 0.6 is 11.6 Å². The molecule has 2 rings (SSSR count). The zero-order chi connectivity index (χ0) is 10.7. The van der Waals surface area contributed by atoms with Crippen LogP contribution in [-0.4, -0.2) is 9.97 Å². The van der Waals surface area contributed by atoms with Gasteiger partial charge in [0.05, 0.1) is 5.69 Å². The van der Waals surface area contributed by atoms with Gasteiger partial charge >= 0.3 is 0 Å². The average molecular weight is 219 g/mol. The normalized spacial score (nSPS) is 10.3. The molecule has 2 aromatic heterocycles.